The molecule has 0 radical (unpaired) electrons. The van der Waals surface area contributed by atoms with Crippen LogP contribution < -0.4 is 20.2 Å². The smallest absolute Gasteiger partial charge is 0.344 e. The molecule has 0 unspecified atom stereocenters. The Labute approximate surface area is 139 Å². The third-order valence-electron chi connectivity index (χ3n) is 4.18. The SMILES string of the molecule is CC[C@@]1(C)NC(=O)N(NC(=O)Cc2ccc3c(c2)OCCO3)C1=O. The lowest BCUT2D eigenvalue weighted by atomic mass is 10.00. The van der Waals surface area contributed by atoms with E-state index < -0.39 is 23.4 Å². The van der Waals surface area contributed by atoms with Crippen LogP contribution in [0.4, 0.5) is 4.79 Å². The number of fused-ring (bicyclic) bond motifs is 1. The van der Waals surface area contributed by atoms with Gasteiger partial charge in [0.05, 0.1) is 6.42 Å². The number of hydrazine groups is 1. The number of hydrogen-bond acceptors (Lipinski definition) is 5. The number of carbonyl (C=O) groups excluding carboxylic acids is 3. The van der Waals surface area contributed by atoms with Crippen LogP contribution >= 0.6 is 0 Å². The fourth-order valence-corrected chi connectivity index (χ4v) is 2.57. The number of nitrogens with one attached hydrogen (secondary N) is 2. The van der Waals surface area contributed by atoms with Crippen LogP contribution in [0.1, 0.15) is 25.8 Å². The fraction of sp³-hybridized carbons (Fsp3) is 0.438. The van der Waals surface area contributed by atoms with E-state index in [4.69, 9.17) is 9.47 Å². The zero-order chi connectivity index (χ0) is 17.3. The van der Waals surface area contributed by atoms with Gasteiger partial charge in [0.15, 0.2) is 11.5 Å². The molecular formula is C16H19N3O5. The van der Waals surface area contributed by atoms with Gasteiger partial charge in [-0.15, -0.1) is 0 Å². The van der Waals surface area contributed by atoms with Crippen molar-refractivity contribution < 1.29 is 23.9 Å². The summed E-state index contributed by atoms with van der Waals surface area (Å²) in [6.45, 7) is 4.37. The lowest BCUT2D eigenvalue weighted by molar-refractivity contribution is -0.138. The molecular weight excluding hydrogens is 314 g/mol. The van der Waals surface area contributed by atoms with Gasteiger partial charge >= 0.3 is 6.03 Å². The van der Waals surface area contributed by atoms with Gasteiger partial charge in [-0.05, 0) is 31.0 Å². The minimum absolute atomic E-state index is 0.0105. The summed E-state index contributed by atoms with van der Waals surface area (Å²) in [5, 5.41) is 3.32. The molecule has 128 valence electrons. The number of rotatable bonds is 4. The van der Waals surface area contributed by atoms with E-state index in [2.05, 4.69) is 10.7 Å². The monoisotopic (exact) mass is 333 g/mol. The van der Waals surface area contributed by atoms with Crippen LogP contribution in [0.3, 0.4) is 0 Å². The minimum Gasteiger partial charge on any atom is -0.486 e. The first kappa shape index (κ1) is 16.1. The summed E-state index contributed by atoms with van der Waals surface area (Å²) in [4.78, 5) is 36.3. The normalized spacial score (nSPS) is 22.3. The maximum absolute atomic E-state index is 12.2. The van der Waals surface area contributed by atoms with Crippen molar-refractivity contribution in [3.8, 4) is 11.5 Å². The molecule has 8 nitrogen and oxygen atoms in total. The van der Waals surface area contributed by atoms with Crippen LogP contribution in [0.2, 0.25) is 0 Å². The molecule has 0 saturated carbocycles. The number of nitrogens with zero attached hydrogens (tertiary/aromatic N) is 1. The molecule has 2 aliphatic heterocycles. The first-order chi connectivity index (χ1) is 11.4. The number of carbonyl (C=O) groups is 3. The molecule has 1 saturated heterocycles. The van der Waals surface area contributed by atoms with Crippen LogP contribution in [0, 0.1) is 0 Å². The van der Waals surface area contributed by atoms with E-state index in [0.29, 0.717) is 36.7 Å². The maximum atomic E-state index is 12.2. The van der Waals surface area contributed by atoms with E-state index in [1.165, 1.54) is 0 Å². The van der Waals surface area contributed by atoms with Crippen molar-refractivity contribution in [2.45, 2.75) is 32.2 Å². The van der Waals surface area contributed by atoms with Crippen molar-refractivity contribution in [1.29, 1.82) is 0 Å². The Morgan fingerprint density at radius 1 is 1.29 bits per heavy atom. The summed E-state index contributed by atoms with van der Waals surface area (Å²) in [5.41, 5.74) is 2.07. The molecule has 8 heteroatoms. The molecule has 0 spiro atoms. The Bertz CT molecular complexity index is 705. The molecule has 1 atom stereocenters. The van der Waals surface area contributed by atoms with Gasteiger partial charge in [-0.25, -0.2) is 4.79 Å². The molecule has 1 aromatic rings. The van der Waals surface area contributed by atoms with Crippen molar-refractivity contribution in [2.75, 3.05) is 13.2 Å². The van der Waals surface area contributed by atoms with Gasteiger partial charge < -0.3 is 14.8 Å². The number of urea groups is 1. The molecule has 1 aromatic carbocycles. The molecule has 2 heterocycles. The Morgan fingerprint density at radius 3 is 2.67 bits per heavy atom. The summed E-state index contributed by atoms with van der Waals surface area (Å²) in [6, 6.07) is 4.57. The highest BCUT2D eigenvalue weighted by Gasteiger charge is 2.47. The molecule has 4 amide bonds. The second-order valence-electron chi connectivity index (χ2n) is 5.95. The number of ether oxygens (including phenoxy) is 2. The van der Waals surface area contributed by atoms with E-state index in [1.54, 1.807) is 32.0 Å². The largest absolute Gasteiger partial charge is 0.486 e. The zero-order valence-electron chi connectivity index (χ0n) is 13.5. The molecule has 1 fully saturated rings. The van der Waals surface area contributed by atoms with E-state index in [1.807, 2.05) is 0 Å². The van der Waals surface area contributed by atoms with Gasteiger partial charge in [0.2, 0.25) is 5.91 Å². The van der Waals surface area contributed by atoms with Crippen LogP contribution in [-0.4, -0.2) is 41.6 Å². The topological polar surface area (TPSA) is 97.0 Å². The third kappa shape index (κ3) is 2.86. The molecule has 2 aliphatic rings. The lowest BCUT2D eigenvalue weighted by Crippen LogP contribution is -2.49. The standard InChI is InChI=1S/C16H19N3O5/c1-3-16(2)14(21)19(15(22)17-16)18-13(20)9-10-4-5-11-12(8-10)24-7-6-23-11/h4-5,8H,3,6-7,9H2,1-2H3,(H,17,22)(H,18,20)/t16-/m1/s1. The second kappa shape index (κ2) is 6.03. The first-order valence-electron chi connectivity index (χ1n) is 7.77. The zero-order valence-corrected chi connectivity index (χ0v) is 13.5. The number of hydrogen-bond donors (Lipinski definition) is 2. The Balaban J connectivity index is 1.66. The highest BCUT2D eigenvalue weighted by atomic mass is 16.6. The molecule has 24 heavy (non-hydrogen) atoms. The van der Waals surface area contributed by atoms with Crippen LogP contribution in [-0.2, 0) is 16.0 Å². The van der Waals surface area contributed by atoms with Gasteiger partial charge in [-0.1, -0.05) is 13.0 Å². The second-order valence-corrected chi connectivity index (χ2v) is 5.95. The fourth-order valence-electron chi connectivity index (χ4n) is 2.57. The molecule has 0 aliphatic carbocycles. The quantitative estimate of drug-likeness (QED) is 0.793. The van der Waals surface area contributed by atoms with Gasteiger partial charge in [0.1, 0.15) is 18.8 Å². The van der Waals surface area contributed by atoms with Crippen LogP contribution in [0.25, 0.3) is 0 Å². The molecule has 0 bridgehead atoms. The van der Waals surface area contributed by atoms with Gasteiger partial charge in [0.25, 0.3) is 5.91 Å². The average Bonchev–Trinajstić information content (AvgIpc) is 2.78. The van der Waals surface area contributed by atoms with E-state index in [-0.39, 0.29) is 6.42 Å². The van der Waals surface area contributed by atoms with E-state index >= 15 is 0 Å². The minimum atomic E-state index is -0.985. The average molecular weight is 333 g/mol. The van der Waals surface area contributed by atoms with Crippen molar-refractivity contribution >= 4 is 17.8 Å². The van der Waals surface area contributed by atoms with Gasteiger partial charge in [-0.2, -0.15) is 5.01 Å². The third-order valence-corrected chi connectivity index (χ3v) is 4.18. The van der Waals surface area contributed by atoms with Crippen molar-refractivity contribution in [3.05, 3.63) is 23.8 Å². The maximum Gasteiger partial charge on any atom is 0.344 e. The highest BCUT2D eigenvalue weighted by Crippen LogP contribution is 2.30. The molecule has 0 aromatic heterocycles. The predicted molar refractivity (Wildman–Crippen MR) is 83.4 cm³/mol. The molecule has 3 rings (SSSR count). The molecule has 2 N–H and O–H groups in total. The Hall–Kier alpha value is -2.77. The Kier molecular flexibility index (Phi) is 4.04. The highest BCUT2D eigenvalue weighted by molar-refractivity contribution is 6.07. The van der Waals surface area contributed by atoms with Gasteiger partial charge in [-0.3, -0.25) is 15.0 Å². The van der Waals surface area contributed by atoms with Crippen LogP contribution in [0.5, 0.6) is 11.5 Å². The van der Waals surface area contributed by atoms with E-state index in [0.717, 1.165) is 5.01 Å². The summed E-state index contributed by atoms with van der Waals surface area (Å²) < 4.78 is 10.9. The number of amides is 4. The lowest BCUT2D eigenvalue weighted by Gasteiger charge is -2.20. The summed E-state index contributed by atoms with van der Waals surface area (Å²) in [6.07, 6.45) is 0.447. The Morgan fingerprint density at radius 2 is 2.00 bits per heavy atom. The number of imide groups is 1. The van der Waals surface area contributed by atoms with Crippen molar-refractivity contribution in [3.63, 3.8) is 0 Å². The van der Waals surface area contributed by atoms with Crippen molar-refractivity contribution in [2.24, 2.45) is 0 Å². The van der Waals surface area contributed by atoms with Crippen molar-refractivity contribution in [1.82, 2.24) is 15.8 Å². The number of benzene rings is 1. The van der Waals surface area contributed by atoms with E-state index in [9.17, 15) is 14.4 Å². The predicted octanol–water partition coefficient (Wildman–Crippen LogP) is 0.752. The van der Waals surface area contributed by atoms with Crippen LogP contribution in [0.15, 0.2) is 18.2 Å². The summed E-state index contributed by atoms with van der Waals surface area (Å²) in [5.74, 6) is 0.291. The summed E-state index contributed by atoms with van der Waals surface area (Å²) in [7, 11) is 0. The van der Waals surface area contributed by atoms with Gasteiger partial charge in [0, 0.05) is 0 Å². The summed E-state index contributed by atoms with van der Waals surface area (Å²) >= 11 is 0. The first-order valence-corrected chi connectivity index (χ1v) is 7.77.